The zero-order chi connectivity index (χ0) is 17.7. The van der Waals surface area contributed by atoms with Crippen LogP contribution in [0.15, 0.2) is 48.5 Å². The van der Waals surface area contributed by atoms with Gasteiger partial charge in [-0.05, 0) is 41.8 Å². The van der Waals surface area contributed by atoms with Crippen LogP contribution < -0.4 is 5.32 Å². The monoisotopic (exact) mass is 345 g/mol. The largest absolute Gasteiger partial charge is 0.481 e. The number of amides is 1. The summed E-state index contributed by atoms with van der Waals surface area (Å²) in [6, 6.07) is 14.3. The van der Waals surface area contributed by atoms with Crippen LogP contribution in [0.3, 0.4) is 0 Å². The van der Waals surface area contributed by atoms with E-state index in [2.05, 4.69) is 5.32 Å². The van der Waals surface area contributed by atoms with Gasteiger partial charge in [-0.25, -0.2) is 0 Å². The zero-order valence-corrected chi connectivity index (χ0v) is 14.4. The number of carbonyl (C=O) groups is 2. The van der Waals surface area contributed by atoms with Crippen LogP contribution in [0.2, 0.25) is 5.02 Å². The molecule has 0 atom stereocenters. The van der Waals surface area contributed by atoms with Crippen molar-refractivity contribution in [2.75, 3.05) is 5.32 Å². The van der Waals surface area contributed by atoms with Gasteiger partial charge in [0.05, 0.1) is 6.42 Å². The molecule has 0 heterocycles. The van der Waals surface area contributed by atoms with Crippen LogP contribution in [-0.2, 0) is 22.4 Å². The summed E-state index contributed by atoms with van der Waals surface area (Å²) in [4.78, 5) is 23.2. The first kappa shape index (κ1) is 18.0. The molecule has 0 aliphatic carbocycles. The molecule has 126 valence electrons. The number of nitrogens with one attached hydrogen (secondary N) is 1. The van der Waals surface area contributed by atoms with E-state index in [1.54, 1.807) is 30.3 Å². The second-order valence-electron chi connectivity index (χ2n) is 6.41. The molecule has 0 aliphatic rings. The van der Waals surface area contributed by atoms with E-state index in [0.29, 0.717) is 22.7 Å². The van der Waals surface area contributed by atoms with Crippen molar-refractivity contribution < 1.29 is 14.7 Å². The summed E-state index contributed by atoms with van der Waals surface area (Å²) in [6.07, 6.45) is 0.533. The summed E-state index contributed by atoms with van der Waals surface area (Å²) in [5, 5.41) is 12.3. The van der Waals surface area contributed by atoms with Gasteiger partial charge in [0, 0.05) is 16.1 Å². The van der Waals surface area contributed by atoms with Crippen LogP contribution in [0, 0.1) is 5.41 Å². The van der Waals surface area contributed by atoms with Crippen molar-refractivity contribution >= 4 is 29.2 Å². The fourth-order valence-electron chi connectivity index (χ4n) is 2.42. The van der Waals surface area contributed by atoms with Gasteiger partial charge < -0.3 is 10.4 Å². The molecule has 0 spiro atoms. The molecule has 0 aliphatic heterocycles. The van der Waals surface area contributed by atoms with E-state index < -0.39 is 11.4 Å². The van der Waals surface area contributed by atoms with Crippen LogP contribution in [-0.4, -0.2) is 17.0 Å². The molecule has 2 rings (SSSR count). The van der Waals surface area contributed by atoms with Gasteiger partial charge in [0.25, 0.3) is 0 Å². The molecule has 4 nitrogen and oxygen atoms in total. The molecule has 0 radical (unpaired) electrons. The number of anilines is 1. The number of benzene rings is 2. The molecule has 0 aromatic heterocycles. The number of carboxylic acids is 1. The molecule has 0 saturated heterocycles. The van der Waals surface area contributed by atoms with Crippen molar-refractivity contribution in [1.29, 1.82) is 0 Å². The smallest absolute Gasteiger partial charge is 0.307 e. The van der Waals surface area contributed by atoms with Gasteiger partial charge >= 0.3 is 5.97 Å². The minimum absolute atomic E-state index is 0.0332. The predicted octanol–water partition coefficient (Wildman–Crippen LogP) is 4.17. The Morgan fingerprint density at radius 2 is 1.75 bits per heavy atom. The van der Waals surface area contributed by atoms with E-state index in [1.165, 1.54) is 0 Å². The second kappa shape index (κ2) is 7.49. The third kappa shape index (κ3) is 5.10. The quantitative estimate of drug-likeness (QED) is 0.825. The maximum absolute atomic E-state index is 12.5. The molecule has 2 aromatic rings. The van der Waals surface area contributed by atoms with Crippen molar-refractivity contribution in [3.63, 3.8) is 0 Å². The van der Waals surface area contributed by atoms with E-state index in [4.69, 9.17) is 16.7 Å². The Bertz CT molecular complexity index is 739. The third-order valence-electron chi connectivity index (χ3n) is 3.72. The van der Waals surface area contributed by atoms with Gasteiger partial charge in [-0.3, -0.25) is 9.59 Å². The fourth-order valence-corrected chi connectivity index (χ4v) is 2.63. The lowest BCUT2D eigenvalue weighted by Gasteiger charge is -2.24. The van der Waals surface area contributed by atoms with Crippen molar-refractivity contribution in [2.24, 2.45) is 5.41 Å². The Morgan fingerprint density at radius 3 is 2.33 bits per heavy atom. The second-order valence-corrected chi connectivity index (χ2v) is 6.85. The first-order valence-electron chi connectivity index (χ1n) is 7.63. The summed E-state index contributed by atoms with van der Waals surface area (Å²) in [6.45, 7) is 3.75. The molecule has 2 N–H and O–H groups in total. The highest BCUT2D eigenvalue weighted by Crippen LogP contribution is 2.25. The molecular weight excluding hydrogens is 326 g/mol. The summed E-state index contributed by atoms with van der Waals surface area (Å²) >= 11 is 5.99. The van der Waals surface area contributed by atoms with Crippen LogP contribution in [0.25, 0.3) is 0 Å². The van der Waals surface area contributed by atoms with Crippen LogP contribution in [0.4, 0.5) is 5.69 Å². The lowest BCUT2D eigenvalue weighted by Crippen LogP contribution is -2.32. The van der Waals surface area contributed by atoms with Crippen molar-refractivity contribution in [3.05, 3.63) is 64.7 Å². The number of aliphatic carboxylic acids is 1. The first-order chi connectivity index (χ1) is 11.3. The van der Waals surface area contributed by atoms with E-state index in [1.807, 2.05) is 32.0 Å². The summed E-state index contributed by atoms with van der Waals surface area (Å²) in [5.74, 6) is -0.983. The fraction of sp³-hybridized carbons (Fsp3) is 0.263. The van der Waals surface area contributed by atoms with Gasteiger partial charge in [0.2, 0.25) is 5.91 Å². The van der Waals surface area contributed by atoms with Crippen molar-refractivity contribution in [3.8, 4) is 0 Å². The van der Waals surface area contributed by atoms with Crippen LogP contribution >= 0.6 is 11.6 Å². The number of hydrogen-bond acceptors (Lipinski definition) is 2. The van der Waals surface area contributed by atoms with Gasteiger partial charge in [-0.15, -0.1) is 0 Å². The lowest BCUT2D eigenvalue weighted by atomic mass is 9.84. The van der Waals surface area contributed by atoms with Crippen molar-refractivity contribution in [2.45, 2.75) is 26.7 Å². The zero-order valence-electron chi connectivity index (χ0n) is 13.7. The highest BCUT2D eigenvalue weighted by Gasteiger charge is 2.28. The lowest BCUT2D eigenvalue weighted by molar-refractivity contribution is -0.136. The number of rotatable bonds is 6. The highest BCUT2D eigenvalue weighted by molar-refractivity contribution is 6.30. The minimum Gasteiger partial charge on any atom is -0.481 e. The number of carbonyl (C=O) groups excluding carboxylic acids is 1. The number of carboxylic acid groups (broad SMARTS) is 1. The molecular formula is C19H20ClNO3. The first-order valence-corrected chi connectivity index (χ1v) is 8.01. The van der Waals surface area contributed by atoms with Crippen LogP contribution in [0.1, 0.15) is 25.0 Å². The van der Waals surface area contributed by atoms with Gasteiger partial charge in [0.1, 0.15) is 0 Å². The van der Waals surface area contributed by atoms with E-state index in [-0.39, 0.29) is 12.3 Å². The Kier molecular flexibility index (Phi) is 5.62. The minimum atomic E-state index is -0.880. The predicted molar refractivity (Wildman–Crippen MR) is 95.3 cm³/mol. The maximum atomic E-state index is 12.5. The molecule has 1 amide bonds. The topological polar surface area (TPSA) is 66.4 Å². The molecule has 5 heteroatoms. The van der Waals surface area contributed by atoms with Crippen LogP contribution in [0.5, 0.6) is 0 Å². The highest BCUT2D eigenvalue weighted by atomic mass is 35.5. The molecule has 0 saturated carbocycles. The molecule has 0 unspecified atom stereocenters. The maximum Gasteiger partial charge on any atom is 0.307 e. The Hall–Kier alpha value is -2.33. The SMILES string of the molecule is CC(C)(Cc1cccc(Cl)c1)C(=O)Nc1ccc(CC(=O)O)cc1. The average Bonchev–Trinajstić information content (AvgIpc) is 2.48. The number of halogens is 1. The Balaban J connectivity index is 2.03. The summed E-state index contributed by atoms with van der Waals surface area (Å²) in [5.41, 5.74) is 1.73. The van der Waals surface area contributed by atoms with E-state index in [9.17, 15) is 9.59 Å². The van der Waals surface area contributed by atoms with Gasteiger partial charge in [-0.2, -0.15) is 0 Å². The Labute approximate surface area is 146 Å². The third-order valence-corrected chi connectivity index (χ3v) is 3.95. The summed E-state index contributed by atoms with van der Waals surface area (Å²) in [7, 11) is 0. The molecule has 24 heavy (non-hydrogen) atoms. The van der Waals surface area contributed by atoms with Crippen molar-refractivity contribution in [1.82, 2.24) is 0 Å². The summed E-state index contributed by atoms with van der Waals surface area (Å²) < 4.78 is 0. The van der Waals surface area contributed by atoms with E-state index in [0.717, 1.165) is 5.56 Å². The molecule has 0 fully saturated rings. The Morgan fingerprint density at radius 1 is 1.08 bits per heavy atom. The average molecular weight is 346 g/mol. The normalized spacial score (nSPS) is 11.1. The molecule has 2 aromatic carbocycles. The standard InChI is InChI=1S/C19H20ClNO3/c1-19(2,12-14-4-3-5-15(20)10-14)18(24)21-16-8-6-13(7-9-16)11-17(22)23/h3-10H,11-12H2,1-2H3,(H,21,24)(H,22,23). The number of hydrogen-bond donors (Lipinski definition) is 2. The van der Waals surface area contributed by atoms with E-state index >= 15 is 0 Å². The van der Waals surface area contributed by atoms with Gasteiger partial charge in [-0.1, -0.05) is 49.7 Å². The molecule has 0 bridgehead atoms. The van der Waals surface area contributed by atoms with Gasteiger partial charge in [0.15, 0.2) is 0 Å².